The molecule has 1 fully saturated rings. The molecule has 3 rings (SSSR count). The van der Waals surface area contributed by atoms with Crippen molar-refractivity contribution >= 4 is 5.65 Å². The summed E-state index contributed by atoms with van der Waals surface area (Å²) in [5.74, 6) is -0.218. The highest BCUT2D eigenvalue weighted by atomic mass is 19.1. The maximum atomic E-state index is 13.7. The van der Waals surface area contributed by atoms with Crippen LogP contribution in [0.1, 0.15) is 38.6 Å². The number of nitrogens with one attached hydrogen (secondary N) is 1. The van der Waals surface area contributed by atoms with Gasteiger partial charge in [-0.25, -0.2) is 9.37 Å². The fraction of sp³-hybridized carbons (Fsp3) is 0.588. The summed E-state index contributed by atoms with van der Waals surface area (Å²) in [5, 5.41) is 3.42. The van der Waals surface area contributed by atoms with Gasteiger partial charge in [-0.15, -0.1) is 0 Å². The molecule has 22 heavy (non-hydrogen) atoms. The monoisotopic (exact) mass is 304 g/mol. The third-order valence-corrected chi connectivity index (χ3v) is 4.20. The van der Waals surface area contributed by atoms with Crippen LogP contribution in [0.5, 0.6) is 0 Å². The largest absolute Gasteiger partial charge is 0.315 e. The number of pyridine rings is 1. The highest BCUT2D eigenvalue weighted by molar-refractivity contribution is 5.45. The van der Waals surface area contributed by atoms with Crippen LogP contribution < -0.4 is 5.32 Å². The van der Waals surface area contributed by atoms with E-state index >= 15 is 0 Å². The van der Waals surface area contributed by atoms with Crippen LogP contribution in [0.15, 0.2) is 18.3 Å². The zero-order valence-corrected chi connectivity index (χ0v) is 13.7. The van der Waals surface area contributed by atoms with Crippen LogP contribution in [-0.2, 0) is 12.0 Å². The van der Waals surface area contributed by atoms with Crippen LogP contribution in [0.25, 0.3) is 5.65 Å². The normalized spacial score (nSPS) is 17.8. The quantitative estimate of drug-likeness (QED) is 0.925. The molecular formula is C17H25FN4. The van der Waals surface area contributed by atoms with Crippen LogP contribution >= 0.6 is 0 Å². The maximum absolute atomic E-state index is 13.7. The van der Waals surface area contributed by atoms with E-state index in [1.54, 1.807) is 12.3 Å². The average molecular weight is 304 g/mol. The van der Waals surface area contributed by atoms with Gasteiger partial charge in [0.2, 0.25) is 0 Å². The Labute approximate surface area is 131 Å². The van der Waals surface area contributed by atoms with Crippen molar-refractivity contribution in [3.8, 4) is 0 Å². The Balaban J connectivity index is 2.02. The standard InChI is InChI=1S/C17H25FN4/c1-17(2,3)16-14(12-21-9-4-7-19-8-10-21)22-11-13(18)5-6-15(22)20-16/h5-6,11,19H,4,7-10,12H2,1-3H3. The molecule has 120 valence electrons. The topological polar surface area (TPSA) is 32.6 Å². The van der Waals surface area contributed by atoms with Gasteiger partial charge in [-0.05, 0) is 31.6 Å². The Morgan fingerprint density at radius 2 is 2.05 bits per heavy atom. The SMILES string of the molecule is CC(C)(C)c1nc2ccc(F)cn2c1CN1CCCNCC1. The third-order valence-electron chi connectivity index (χ3n) is 4.20. The van der Waals surface area contributed by atoms with E-state index in [0.29, 0.717) is 0 Å². The Kier molecular flexibility index (Phi) is 4.19. The molecule has 2 aromatic rings. The summed E-state index contributed by atoms with van der Waals surface area (Å²) in [7, 11) is 0. The van der Waals surface area contributed by atoms with Gasteiger partial charge in [-0.3, -0.25) is 9.30 Å². The first-order valence-electron chi connectivity index (χ1n) is 8.05. The fourth-order valence-electron chi connectivity index (χ4n) is 3.09. The molecule has 0 saturated carbocycles. The molecule has 0 aromatic carbocycles. The number of hydrogen-bond acceptors (Lipinski definition) is 3. The third kappa shape index (κ3) is 3.15. The second-order valence-electron chi connectivity index (χ2n) is 7.11. The van der Waals surface area contributed by atoms with Crippen LogP contribution in [0.2, 0.25) is 0 Å². The van der Waals surface area contributed by atoms with Gasteiger partial charge in [0.05, 0.1) is 11.4 Å². The minimum absolute atomic E-state index is 0.0536. The van der Waals surface area contributed by atoms with Crippen molar-refractivity contribution in [3.05, 3.63) is 35.5 Å². The van der Waals surface area contributed by atoms with E-state index in [2.05, 4.69) is 31.0 Å². The van der Waals surface area contributed by atoms with Crippen LogP contribution in [0.4, 0.5) is 4.39 Å². The smallest absolute Gasteiger partial charge is 0.139 e. The van der Waals surface area contributed by atoms with Gasteiger partial charge in [0, 0.05) is 31.2 Å². The molecule has 4 nitrogen and oxygen atoms in total. The van der Waals surface area contributed by atoms with Crippen LogP contribution in [0, 0.1) is 5.82 Å². The lowest BCUT2D eigenvalue weighted by Gasteiger charge is -2.23. The zero-order chi connectivity index (χ0) is 15.7. The van der Waals surface area contributed by atoms with Gasteiger partial charge in [0.1, 0.15) is 11.5 Å². The number of aromatic nitrogens is 2. The molecule has 0 radical (unpaired) electrons. The molecule has 0 unspecified atom stereocenters. The number of nitrogens with zero attached hydrogens (tertiary/aromatic N) is 3. The highest BCUT2D eigenvalue weighted by Crippen LogP contribution is 2.27. The van der Waals surface area contributed by atoms with Crippen molar-refractivity contribution in [1.29, 1.82) is 0 Å². The van der Waals surface area contributed by atoms with Crippen molar-refractivity contribution in [2.24, 2.45) is 0 Å². The Bertz CT molecular complexity index is 648. The Hall–Kier alpha value is -1.46. The van der Waals surface area contributed by atoms with E-state index in [1.165, 1.54) is 6.07 Å². The second kappa shape index (κ2) is 5.97. The van der Waals surface area contributed by atoms with Crippen molar-refractivity contribution < 1.29 is 4.39 Å². The number of fused-ring (bicyclic) bond motifs is 1. The van der Waals surface area contributed by atoms with Gasteiger partial charge < -0.3 is 5.32 Å². The summed E-state index contributed by atoms with van der Waals surface area (Å²) in [5.41, 5.74) is 2.95. The summed E-state index contributed by atoms with van der Waals surface area (Å²) in [6.07, 6.45) is 2.71. The van der Waals surface area contributed by atoms with E-state index in [0.717, 1.165) is 56.2 Å². The first-order chi connectivity index (χ1) is 10.4. The number of imidazole rings is 1. The first kappa shape index (κ1) is 15.4. The van der Waals surface area contributed by atoms with Gasteiger partial charge >= 0.3 is 0 Å². The van der Waals surface area contributed by atoms with Crippen LogP contribution in [0.3, 0.4) is 0 Å². The molecule has 0 amide bonds. The van der Waals surface area contributed by atoms with E-state index in [1.807, 2.05) is 4.40 Å². The maximum Gasteiger partial charge on any atom is 0.139 e. The minimum Gasteiger partial charge on any atom is -0.315 e. The molecule has 0 spiro atoms. The lowest BCUT2D eigenvalue weighted by atomic mass is 9.90. The van der Waals surface area contributed by atoms with E-state index < -0.39 is 0 Å². The molecular weight excluding hydrogens is 279 g/mol. The van der Waals surface area contributed by atoms with Crippen molar-refractivity contribution in [1.82, 2.24) is 19.6 Å². The summed E-state index contributed by atoms with van der Waals surface area (Å²) in [6.45, 7) is 11.5. The lowest BCUT2D eigenvalue weighted by Crippen LogP contribution is -2.29. The Morgan fingerprint density at radius 3 is 2.82 bits per heavy atom. The molecule has 1 saturated heterocycles. The van der Waals surface area contributed by atoms with E-state index in [-0.39, 0.29) is 11.2 Å². The Morgan fingerprint density at radius 1 is 1.23 bits per heavy atom. The lowest BCUT2D eigenvalue weighted by molar-refractivity contribution is 0.277. The predicted molar refractivity (Wildman–Crippen MR) is 86.6 cm³/mol. The van der Waals surface area contributed by atoms with E-state index in [9.17, 15) is 4.39 Å². The summed E-state index contributed by atoms with van der Waals surface area (Å²) in [4.78, 5) is 7.20. The van der Waals surface area contributed by atoms with Gasteiger partial charge in [-0.2, -0.15) is 0 Å². The van der Waals surface area contributed by atoms with Crippen molar-refractivity contribution in [2.45, 2.75) is 39.2 Å². The molecule has 0 atom stereocenters. The first-order valence-corrected chi connectivity index (χ1v) is 8.05. The molecule has 1 N–H and O–H groups in total. The number of halogens is 1. The second-order valence-corrected chi connectivity index (χ2v) is 7.11. The molecule has 1 aliphatic rings. The van der Waals surface area contributed by atoms with Crippen molar-refractivity contribution in [3.63, 3.8) is 0 Å². The summed E-state index contributed by atoms with van der Waals surface area (Å²) < 4.78 is 15.6. The van der Waals surface area contributed by atoms with E-state index in [4.69, 9.17) is 4.98 Å². The van der Waals surface area contributed by atoms with Crippen molar-refractivity contribution in [2.75, 3.05) is 26.2 Å². The summed E-state index contributed by atoms with van der Waals surface area (Å²) in [6, 6.07) is 3.24. The molecule has 2 aromatic heterocycles. The van der Waals surface area contributed by atoms with Gasteiger partial charge in [-0.1, -0.05) is 20.8 Å². The molecule has 3 heterocycles. The highest BCUT2D eigenvalue weighted by Gasteiger charge is 2.25. The fourth-order valence-corrected chi connectivity index (χ4v) is 3.09. The minimum atomic E-state index is -0.218. The number of hydrogen-bond donors (Lipinski definition) is 1. The average Bonchev–Trinajstić information content (AvgIpc) is 2.63. The summed E-state index contributed by atoms with van der Waals surface area (Å²) >= 11 is 0. The number of rotatable bonds is 2. The van der Waals surface area contributed by atoms with Gasteiger partial charge in [0.15, 0.2) is 0 Å². The molecule has 5 heteroatoms. The van der Waals surface area contributed by atoms with Gasteiger partial charge in [0.25, 0.3) is 0 Å². The predicted octanol–water partition coefficient (Wildman–Crippen LogP) is 2.57. The molecule has 0 aliphatic carbocycles. The zero-order valence-electron chi connectivity index (χ0n) is 13.7. The molecule has 0 bridgehead atoms. The molecule has 1 aliphatic heterocycles. The van der Waals surface area contributed by atoms with Crippen LogP contribution in [-0.4, -0.2) is 40.5 Å².